The van der Waals surface area contributed by atoms with Gasteiger partial charge in [-0.05, 0) is 6.07 Å². The van der Waals surface area contributed by atoms with Crippen molar-refractivity contribution in [3.05, 3.63) is 41.4 Å². The van der Waals surface area contributed by atoms with E-state index in [1.54, 1.807) is 11.3 Å². The lowest BCUT2D eigenvalue weighted by Gasteiger charge is -2.00. The highest BCUT2D eigenvalue weighted by Crippen LogP contribution is 2.32. The highest BCUT2D eigenvalue weighted by Gasteiger charge is 2.10. The minimum Gasteiger partial charge on any atom is -0.384 e. The van der Waals surface area contributed by atoms with Gasteiger partial charge >= 0.3 is 0 Å². The van der Waals surface area contributed by atoms with Gasteiger partial charge in [0.1, 0.15) is 17.6 Å². The Morgan fingerprint density at radius 3 is 2.89 bits per heavy atom. The summed E-state index contributed by atoms with van der Waals surface area (Å²) in [5.74, 6) is 0.816. The van der Waals surface area contributed by atoms with Gasteiger partial charge in [0, 0.05) is 27.1 Å². The van der Waals surface area contributed by atoms with Crippen LogP contribution in [0.3, 0.4) is 0 Å². The van der Waals surface area contributed by atoms with Gasteiger partial charge in [0.25, 0.3) is 0 Å². The van der Waals surface area contributed by atoms with E-state index in [-0.39, 0.29) is 5.69 Å². The summed E-state index contributed by atoms with van der Waals surface area (Å²) in [7, 11) is 0. The van der Waals surface area contributed by atoms with E-state index in [2.05, 4.69) is 9.97 Å². The second kappa shape index (κ2) is 4.09. The van der Waals surface area contributed by atoms with Gasteiger partial charge in [0.2, 0.25) is 0 Å². The van der Waals surface area contributed by atoms with E-state index in [1.807, 2.05) is 35.7 Å². The van der Waals surface area contributed by atoms with Crippen molar-refractivity contribution in [1.29, 1.82) is 5.26 Å². The first-order chi connectivity index (χ1) is 8.78. The molecule has 18 heavy (non-hydrogen) atoms. The summed E-state index contributed by atoms with van der Waals surface area (Å²) in [6, 6.07) is 11.5. The van der Waals surface area contributed by atoms with E-state index in [0.29, 0.717) is 11.6 Å². The first kappa shape index (κ1) is 10.7. The molecule has 86 valence electrons. The van der Waals surface area contributed by atoms with Crippen LogP contribution in [-0.2, 0) is 0 Å². The number of rotatable bonds is 1. The highest BCUT2D eigenvalue weighted by molar-refractivity contribution is 7.17. The van der Waals surface area contributed by atoms with Crippen LogP contribution >= 0.6 is 11.3 Å². The molecule has 0 radical (unpaired) electrons. The molecule has 0 aliphatic rings. The molecule has 5 heteroatoms. The van der Waals surface area contributed by atoms with Crippen molar-refractivity contribution < 1.29 is 0 Å². The Morgan fingerprint density at radius 1 is 1.22 bits per heavy atom. The maximum atomic E-state index is 8.90. The van der Waals surface area contributed by atoms with E-state index >= 15 is 0 Å². The third-order valence-electron chi connectivity index (χ3n) is 2.58. The van der Waals surface area contributed by atoms with Crippen molar-refractivity contribution in [2.45, 2.75) is 0 Å². The molecule has 0 bridgehead atoms. The van der Waals surface area contributed by atoms with Gasteiger partial charge in [-0.2, -0.15) is 5.26 Å². The summed E-state index contributed by atoms with van der Waals surface area (Å²) in [6.45, 7) is 0. The molecular formula is C13H8N4S. The molecule has 0 atom stereocenters. The number of thiophene rings is 1. The lowest BCUT2D eigenvalue weighted by Crippen LogP contribution is -1.97. The second-order valence-electron chi connectivity index (χ2n) is 3.76. The molecule has 0 amide bonds. The molecule has 3 rings (SSSR count). The third kappa shape index (κ3) is 1.69. The number of hydrogen-bond acceptors (Lipinski definition) is 5. The summed E-state index contributed by atoms with van der Waals surface area (Å²) >= 11 is 1.62. The van der Waals surface area contributed by atoms with E-state index in [1.165, 1.54) is 6.07 Å². The maximum absolute atomic E-state index is 8.90. The van der Waals surface area contributed by atoms with Crippen LogP contribution in [0.4, 0.5) is 5.82 Å². The van der Waals surface area contributed by atoms with Gasteiger partial charge in [0.15, 0.2) is 5.82 Å². The number of fused-ring (bicyclic) bond motifs is 1. The average molecular weight is 252 g/mol. The minimum atomic E-state index is 0.285. The van der Waals surface area contributed by atoms with Crippen LogP contribution < -0.4 is 5.73 Å². The van der Waals surface area contributed by atoms with Crippen LogP contribution in [0.5, 0.6) is 0 Å². The first-order valence-corrected chi connectivity index (χ1v) is 6.17. The summed E-state index contributed by atoms with van der Waals surface area (Å²) in [6.07, 6.45) is 0. The minimum absolute atomic E-state index is 0.285. The lowest BCUT2D eigenvalue weighted by atomic mass is 10.1. The fourth-order valence-electron chi connectivity index (χ4n) is 1.79. The molecule has 2 N–H and O–H groups in total. The number of nitrogen functional groups attached to an aromatic ring is 1. The molecule has 2 aromatic heterocycles. The predicted octanol–water partition coefficient (Wildman–Crippen LogP) is 2.81. The predicted molar refractivity (Wildman–Crippen MR) is 72.0 cm³/mol. The maximum Gasteiger partial charge on any atom is 0.164 e. The van der Waals surface area contributed by atoms with Crippen LogP contribution in [0.25, 0.3) is 21.5 Å². The standard InChI is InChI=1S/C13H8N4S/c14-6-8-5-12(15)17-13(16-8)10-7-18-11-4-2-1-3-9(10)11/h1-5,7H,(H2,15,16,17). The molecule has 2 heterocycles. The third-order valence-corrected chi connectivity index (χ3v) is 3.55. The van der Waals surface area contributed by atoms with Crippen molar-refractivity contribution in [3.8, 4) is 17.5 Å². The zero-order valence-corrected chi connectivity index (χ0v) is 10.1. The molecule has 0 unspecified atom stereocenters. The Balaban J connectivity index is 2.27. The number of nitriles is 1. The summed E-state index contributed by atoms with van der Waals surface area (Å²) in [4.78, 5) is 8.40. The quantitative estimate of drug-likeness (QED) is 0.722. The molecule has 4 nitrogen and oxygen atoms in total. The summed E-state index contributed by atoms with van der Waals surface area (Å²) in [5.41, 5.74) is 6.89. The van der Waals surface area contributed by atoms with E-state index in [9.17, 15) is 0 Å². The Labute approximate surface area is 107 Å². The van der Waals surface area contributed by atoms with Crippen molar-refractivity contribution in [3.63, 3.8) is 0 Å². The number of nitrogens with zero attached hydrogens (tertiary/aromatic N) is 3. The fourth-order valence-corrected chi connectivity index (χ4v) is 2.73. The zero-order valence-electron chi connectivity index (χ0n) is 9.29. The van der Waals surface area contributed by atoms with Crippen molar-refractivity contribution in [2.75, 3.05) is 5.73 Å². The van der Waals surface area contributed by atoms with Crippen molar-refractivity contribution >= 4 is 27.2 Å². The van der Waals surface area contributed by atoms with Gasteiger partial charge in [-0.25, -0.2) is 9.97 Å². The van der Waals surface area contributed by atoms with Crippen LogP contribution in [0.2, 0.25) is 0 Å². The van der Waals surface area contributed by atoms with E-state index in [4.69, 9.17) is 11.0 Å². The smallest absolute Gasteiger partial charge is 0.164 e. The van der Waals surface area contributed by atoms with Crippen LogP contribution in [0, 0.1) is 11.3 Å². The Kier molecular flexibility index (Phi) is 2.43. The Hall–Kier alpha value is -2.45. The molecule has 3 aromatic rings. The van der Waals surface area contributed by atoms with Gasteiger partial charge in [-0.15, -0.1) is 11.3 Å². The molecule has 0 fully saturated rings. The summed E-state index contributed by atoms with van der Waals surface area (Å²) < 4.78 is 1.16. The van der Waals surface area contributed by atoms with Crippen LogP contribution in [-0.4, -0.2) is 9.97 Å². The molecule has 0 aliphatic heterocycles. The molecule has 0 spiro atoms. The monoisotopic (exact) mass is 252 g/mol. The van der Waals surface area contributed by atoms with Crippen molar-refractivity contribution in [2.24, 2.45) is 0 Å². The van der Waals surface area contributed by atoms with E-state index < -0.39 is 0 Å². The largest absolute Gasteiger partial charge is 0.384 e. The number of anilines is 1. The van der Waals surface area contributed by atoms with Crippen LogP contribution in [0.1, 0.15) is 5.69 Å². The Bertz CT molecular complexity index is 770. The highest BCUT2D eigenvalue weighted by atomic mass is 32.1. The normalized spacial score (nSPS) is 10.4. The Morgan fingerprint density at radius 2 is 2.06 bits per heavy atom. The SMILES string of the molecule is N#Cc1cc(N)nc(-c2csc3ccccc23)n1. The molecule has 0 saturated heterocycles. The molecular weight excluding hydrogens is 244 g/mol. The number of hydrogen-bond donors (Lipinski definition) is 1. The topological polar surface area (TPSA) is 75.6 Å². The molecule has 0 saturated carbocycles. The van der Waals surface area contributed by atoms with Crippen LogP contribution in [0.15, 0.2) is 35.7 Å². The fraction of sp³-hybridized carbons (Fsp3) is 0. The average Bonchev–Trinajstić information content (AvgIpc) is 2.81. The number of aromatic nitrogens is 2. The second-order valence-corrected chi connectivity index (χ2v) is 4.67. The number of benzene rings is 1. The summed E-state index contributed by atoms with van der Waals surface area (Å²) in [5, 5.41) is 12.0. The number of nitrogens with two attached hydrogens (primary N) is 1. The van der Waals surface area contributed by atoms with Crippen molar-refractivity contribution in [1.82, 2.24) is 9.97 Å². The zero-order chi connectivity index (χ0) is 12.5. The molecule has 0 aliphatic carbocycles. The van der Waals surface area contributed by atoms with Gasteiger partial charge in [-0.3, -0.25) is 0 Å². The van der Waals surface area contributed by atoms with Gasteiger partial charge in [0.05, 0.1) is 0 Å². The van der Waals surface area contributed by atoms with Gasteiger partial charge < -0.3 is 5.73 Å². The van der Waals surface area contributed by atoms with Gasteiger partial charge in [-0.1, -0.05) is 18.2 Å². The van der Waals surface area contributed by atoms with E-state index in [0.717, 1.165) is 15.6 Å². The first-order valence-electron chi connectivity index (χ1n) is 5.29. The molecule has 1 aromatic carbocycles. The lowest BCUT2D eigenvalue weighted by molar-refractivity contribution is 1.16.